The van der Waals surface area contributed by atoms with Crippen molar-refractivity contribution in [3.05, 3.63) is 120 Å². The Balaban J connectivity index is 0.000000221. The first-order valence-corrected chi connectivity index (χ1v) is 21.3. The Morgan fingerprint density at radius 3 is 1.63 bits per heavy atom. The smallest absolute Gasteiger partial charge is 0.416 e. The maximum absolute atomic E-state index is 12.9. The number of nitrogens with one attached hydrogen (secondary N) is 1. The van der Waals surface area contributed by atoms with Gasteiger partial charge in [0.25, 0.3) is 10.1 Å². The third-order valence-corrected chi connectivity index (χ3v) is 8.52. The number of aromatic nitrogens is 4. The second kappa shape index (κ2) is 21.8. The minimum Gasteiger partial charge on any atom is -0.497 e. The van der Waals surface area contributed by atoms with Gasteiger partial charge in [-0.25, -0.2) is 19.6 Å². The second-order valence-corrected chi connectivity index (χ2v) is 17.5. The van der Waals surface area contributed by atoms with E-state index in [1.165, 1.54) is 4.90 Å². The van der Waals surface area contributed by atoms with E-state index in [4.69, 9.17) is 32.2 Å². The molecule has 0 spiro atoms. The molecule has 6 rings (SSSR count). The van der Waals surface area contributed by atoms with Gasteiger partial charge < -0.3 is 28.0 Å². The van der Waals surface area contributed by atoms with Crippen molar-refractivity contribution in [1.29, 1.82) is 0 Å². The SMILES string of the molecule is COc1ccnc(N(Cc2ccc(-c3cc(C)on3)cc2)C(=O)OC(C)(C)C)c1.COc1ccnc(NC(=O)OC(C)(C)C)c1.Cc1cc(-c2ccc(COS(C)(=O)=O)cc2)no1. The summed E-state index contributed by atoms with van der Waals surface area (Å²) in [5.41, 5.74) is 3.93. The van der Waals surface area contributed by atoms with Gasteiger partial charge in [0, 0.05) is 47.8 Å². The molecule has 0 radical (unpaired) electrons. The van der Waals surface area contributed by atoms with Crippen LogP contribution < -0.4 is 19.7 Å². The molecule has 0 saturated heterocycles. The minimum atomic E-state index is -3.41. The average molecular weight is 887 g/mol. The summed E-state index contributed by atoms with van der Waals surface area (Å²) in [6.45, 7) is 14.9. The number of rotatable bonds is 11. The van der Waals surface area contributed by atoms with Gasteiger partial charge in [-0.3, -0.25) is 14.4 Å². The highest BCUT2D eigenvalue weighted by Crippen LogP contribution is 2.25. The minimum absolute atomic E-state index is 0.0386. The van der Waals surface area contributed by atoms with Crippen LogP contribution in [0.15, 0.2) is 106 Å². The number of hydrogen-bond donors (Lipinski definition) is 1. The van der Waals surface area contributed by atoms with Crippen LogP contribution in [0.3, 0.4) is 0 Å². The lowest BCUT2D eigenvalue weighted by molar-refractivity contribution is 0.0574. The Labute approximate surface area is 367 Å². The molecular weight excluding hydrogens is 833 g/mol. The van der Waals surface area contributed by atoms with Gasteiger partial charge in [-0.05, 0) is 78.6 Å². The number of nitrogens with zero attached hydrogens (tertiary/aromatic N) is 5. The molecule has 0 aliphatic heterocycles. The third kappa shape index (κ3) is 17.2. The number of carbonyl (C=O) groups is 2. The molecule has 0 fully saturated rings. The molecule has 336 valence electrons. The number of hydrogen-bond acceptors (Lipinski definition) is 15. The van der Waals surface area contributed by atoms with Crippen LogP contribution in [0.4, 0.5) is 21.2 Å². The highest BCUT2D eigenvalue weighted by molar-refractivity contribution is 7.85. The maximum atomic E-state index is 12.9. The van der Waals surface area contributed by atoms with E-state index in [-0.39, 0.29) is 6.61 Å². The fraction of sp³-hybridized carbons (Fsp3) is 0.333. The number of pyridine rings is 2. The van der Waals surface area contributed by atoms with E-state index in [0.717, 1.165) is 51.4 Å². The van der Waals surface area contributed by atoms with E-state index in [2.05, 4.69) is 25.6 Å². The van der Waals surface area contributed by atoms with E-state index in [0.29, 0.717) is 29.7 Å². The van der Waals surface area contributed by atoms with E-state index in [9.17, 15) is 18.0 Å². The number of amides is 2. The molecule has 63 heavy (non-hydrogen) atoms. The number of benzene rings is 2. The predicted molar refractivity (Wildman–Crippen MR) is 237 cm³/mol. The summed E-state index contributed by atoms with van der Waals surface area (Å²) in [6, 6.07) is 25.5. The van der Waals surface area contributed by atoms with Gasteiger partial charge in [-0.1, -0.05) is 58.8 Å². The van der Waals surface area contributed by atoms with Gasteiger partial charge in [-0.2, -0.15) is 8.42 Å². The van der Waals surface area contributed by atoms with Crippen molar-refractivity contribution >= 4 is 33.9 Å². The van der Waals surface area contributed by atoms with Crippen LogP contribution in [0.1, 0.15) is 64.2 Å². The molecule has 2 amide bonds. The molecule has 18 heteroatoms. The summed E-state index contributed by atoms with van der Waals surface area (Å²) in [4.78, 5) is 34.0. The van der Waals surface area contributed by atoms with E-state index >= 15 is 0 Å². The second-order valence-electron chi connectivity index (χ2n) is 15.8. The van der Waals surface area contributed by atoms with E-state index in [1.54, 1.807) is 83.8 Å². The Morgan fingerprint density at radius 2 is 1.17 bits per heavy atom. The standard InChI is InChI=1S/C22H25N3O4.C12H13NO4S.C11H16N2O3/c1-15-12-19(24-29-15)17-8-6-16(7-9-17)14-25(21(26)28-22(2,3)4)20-13-18(27-5)10-11-23-20;1-9-7-12(13-17-9)11-5-3-10(4-6-11)8-16-18(2,14)15;1-11(2,3)16-10(14)13-9-7-8(15-4)5-6-12-9/h6-13H,14H2,1-5H3;3-7H,8H2,1-2H3;5-7H,1-4H3,(H,12,13,14). The molecule has 0 unspecified atom stereocenters. The largest absolute Gasteiger partial charge is 0.497 e. The Kier molecular flexibility index (Phi) is 16.9. The number of methoxy groups -OCH3 is 2. The summed E-state index contributed by atoms with van der Waals surface area (Å²) in [5, 5.41) is 10.4. The molecule has 1 N–H and O–H groups in total. The van der Waals surface area contributed by atoms with Crippen LogP contribution in [-0.2, 0) is 36.9 Å². The zero-order valence-electron chi connectivity index (χ0n) is 37.3. The molecule has 0 bridgehead atoms. The molecular formula is C45H54N6O11S. The normalized spacial score (nSPS) is 11.2. The molecule has 0 saturated carbocycles. The lowest BCUT2D eigenvalue weighted by Gasteiger charge is -2.27. The summed E-state index contributed by atoms with van der Waals surface area (Å²) < 4.78 is 57.5. The maximum Gasteiger partial charge on any atom is 0.416 e. The molecule has 2 aromatic carbocycles. The van der Waals surface area contributed by atoms with Crippen molar-refractivity contribution < 1.29 is 50.2 Å². The van der Waals surface area contributed by atoms with Crippen molar-refractivity contribution in [3.8, 4) is 34.0 Å². The molecule has 0 atom stereocenters. The zero-order valence-corrected chi connectivity index (χ0v) is 38.1. The summed E-state index contributed by atoms with van der Waals surface area (Å²) in [6.07, 6.45) is 3.16. The molecule has 17 nitrogen and oxygen atoms in total. The first-order chi connectivity index (χ1) is 29.6. The lowest BCUT2D eigenvalue weighted by atomic mass is 10.1. The van der Waals surface area contributed by atoms with Crippen LogP contribution in [-0.4, -0.2) is 72.6 Å². The number of ether oxygens (including phenoxy) is 4. The lowest BCUT2D eigenvalue weighted by Crippen LogP contribution is -2.37. The van der Waals surface area contributed by atoms with Crippen molar-refractivity contribution in [2.24, 2.45) is 0 Å². The van der Waals surface area contributed by atoms with E-state index in [1.807, 2.05) is 83.1 Å². The van der Waals surface area contributed by atoms with Crippen molar-refractivity contribution in [3.63, 3.8) is 0 Å². The van der Waals surface area contributed by atoms with Crippen LogP contribution in [0.2, 0.25) is 0 Å². The van der Waals surface area contributed by atoms with Crippen molar-refractivity contribution in [2.75, 3.05) is 30.7 Å². The summed E-state index contributed by atoms with van der Waals surface area (Å²) in [7, 11) is -0.290. The van der Waals surface area contributed by atoms with Gasteiger partial charge in [0.15, 0.2) is 0 Å². The molecule has 4 aromatic heterocycles. The average Bonchev–Trinajstić information content (AvgIpc) is 3.86. The monoisotopic (exact) mass is 886 g/mol. The fourth-order valence-electron chi connectivity index (χ4n) is 5.16. The zero-order chi connectivity index (χ0) is 46.4. The quantitative estimate of drug-likeness (QED) is 0.120. The Hall–Kier alpha value is -6.79. The van der Waals surface area contributed by atoms with Crippen molar-refractivity contribution in [1.82, 2.24) is 20.3 Å². The van der Waals surface area contributed by atoms with Crippen molar-refractivity contribution in [2.45, 2.75) is 79.7 Å². The first kappa shape index (κ1) is 48.9. The molecule has 0 aliphatic rings. The van der Waals surface area contributed by atoms with Crippen LogP contribution >= 0.6 is 0 Å². The third-order valence-electron chi connectivity index (χ3n) is 7.97. The first-order valence-electron chi connectivity index (χ1n) is 19.5. The number of carbonyl (C=O) groups excluding carboxylic acids is 2. The van der Waals surface area contributed by atoms with E-state index < -0.39 is 33.5 Å². The summed E-state index contributed by atoms with van der Waals surface area (Å²) in [5.74, 6) is 3.59. The molecule has 0 aliphatic carbocycles. The number of anilines is 2. The highest BCUT2D eigenvalue weighted by Gasteiger charge is 2.25. The van der Waals surface area contributed by atoms with Gasteiger partial charge in [0.2, 0.25) is 0 Å². The predicted octanol–water partition coefficient (Wildman–Crippen LogP) is 9.56. The highest BCUT2D eigenvalue weighted by atomic mass is 32.2. The van der Waals surface area contributed by atoms with Crippen LogP contribution in [0, 0.1) is 13.8 Å². The van der Waals surface area contributed by atoms with Crippen LogP contribution in [0.5, 0.6) is 11.5 Å². The van der Waals surface area contributed by atoms with Gasteiger partial charge in [0.1, 0.15) is 57.2 Å². The topological polar surface area (TPSA) is 208 Å². The van der Waals surface area contributed by atoms with Gasteiger partial charge >= 0.3 is 12.2 Å². The van der Waals surface area contributed by atoms with Gasteiger partial charge in [0.05, 0.1) is 33.6 Å². The molecule has 6 aromatic rings. The summed E-state index contributed by atoms with van der Waals surface area (Å²) >= 11 is 0. The fourth-order valence-corrected chi connectivity index (χ4v) is 5.51. The number of aryl methyl sites for hydroxylation is 2. The van der Waals surface area contributed by atoms with Gasteiger partial charge in [-0.15, -0.1) is 0 Å². The molecule has 4 heterocycles. The Morgan fingerprint density at radius 1 is 0.683 bits per heavy atom. The Bertz CT molecular complexity index is 2510. The van der Waals surface area contributed by atoms with Crippen LogP contribution in [0.25, 0.3) is 22.5 Å².